The van der Waals surface area contributed by atoms with Gasteiger partial charge in [-0.05, 0) is 42.3 Å². The van der Waals surface area contributed by atoms with E-state index in [4.69, 9.17) is 4.74 Å². The zero-order valence-corrected chi connectivity index (χ0v) is 18.1. The van der Waals surface area contributed by atoms with Crippen LogP contribution in [0.1, 0.15) is 34.0 Å². The number of aromatic nitrogens is 2. The maximum absolute atomic E-state index is 13.5. The third kappa shape index (κ3) is 3.23. The number of nitrogens with one attached hydrogen (secondary N) is 2. The Morgan fingerprint density at radius 3 is 2.76 bits per heavy atom. The second-order valence-electron chi connectivity index (χ2n) is 7.80. The van der Waals surface area contributed by atoms with Crippen molar-refractivity contribution in [3.63, 3.8) is 0 Å². The van der Waals surface area contributed by atoms with E-state index in [0.29, 0.717) is 33.4 Å². The second kappa shape index (κ2) is 7.75. The number of anilines is 1. The number of amides is 2. The lowest BCUT2D eigenvalue weighted by atomic mass is 9.93. The van der Waals surface area contributed by atoms with Crippen molar-refractivity contribution in [2.45, 2.75) is 19.1 Å². The van der Waals surface area contributed by atoms with Crippen LogP contribution < -0.4 is 15.0 Å². The van der Waals surface area contributed by atoms with Crippen LogP contribution >= 0.6 is 0 Å². The third-order valence-electron chi connectivity index (χ3n) is 5.89. The number of aromatic amines is 1. The summed E-state index contributed by atoms with van der Waals surface area (Å²) >= 11 is 0. The van der Waals surface area contributed by atoms with Gasteiger partial charge in [0.15, 0.2) is 5.72 Å². The van der Waals surface area contributed by atoms with Gasteiger partial charge in [0.25, 0.3) is 5.91 Å². The van der Waals surface area contributed by atoms with Gasteiger partial charge in [0, 0.05) is 29.4 Å². The highest BCUT2D eigenvalue weighted by molar-refractivity contribution is 6.12. The van der Waals surface area contributed by atoms with E-state index in [-0.39, 0.29) is 11.9 Å². The standard InChI is InChI=1S/C25H22N4O4/c1-3-15-7-6-8-17(13-15)29-22(30)18-9-4-5-10-19(18)25(29,32)16-11-12-20-21(14-16)28-23(27-20)33-24(31)26-2/h4-14,32H,3H2,1-2H3,(H,26,31)(H,27,28). The van der Waals surface area contributed by atoms with Crippen LogP contribution in [0, 0.1) is 0 Å². The smallest absolute Gasteiger partial charge is 0.375 e. The number of hydrogen-bond donors (Lipinski definition) is 3. The summed E-state index contributed by atoms with van der Waals surface area (Å²) in [6.45, 7) is 2.04. The number of benzene rings is 3. The Balaban J connectivity index is 1.68. The fourth-order valence-corrected chi connectivity index (χ4v) is 4.26. The van der Waals surface area contributed by atoms with Crippen LogP contribution in [0.25, 0.3) is 11.0 Å². The monoisotopic (exact) mass is 442 g/mol. The van der Waals surface area contributed by atoms with Crippen molar-refractivity contribution in [3.8, 4) is 6.01 Å². The van der Waals surface area contributed by atoms with E-state index >= 15 is 0 Å². The van der Waals surface area contributed by atoms with Crippen LogP contribution in [0.3, 0.4) is 0 Å². The average Bonchev–Trinajstić information content (AvgIpc) is 3.34. The fourth-order valence-electron chi connectivity index (χ4n) is 4.26. The molecule has 4 aromatic rings. The lowest BCUT2D eigenvalue weighted by Crippen LogP contribution is -2.45. The Morgan fingerprint density at radius 1 is 1.15 bits per heavy atom. The molecular formula is C25H22N4O4. The highest BCUT2D eigenvalue weighted by atomic mass is 16.6. The molecule has 1 aromatic heterocycles. The summed E-state index contributed by atoms with van der Waals surface area (Å²) in [5.41, 5.74) is 2.45. The number of carbonyl (C=O) groups excluding carboxylic acids is 2. The Kier molecular flexibility index (Phi) is 4.87. The number of rotatable bonds is 4. The summed E-state index contributed by atoms with van der Waals surface area (Å²) in [6, 6.07) is 19.8. The predicted molar refractivity (Wildman–Crippen MR) is 123 cm³/mol. The molecule has 0 radical (unpaired) electrons. The van der Waals surface area contributed by atoms with Crippen molar-refractivity contribution in [3.05, 3.63) is 89.0 Å². The summed E-state index contributed by atoms with van der Waals surface area (Å²) in [5.74, 6) is -0.283. The highest BCUT2D eigenvalue weighted by Crippen LogP contribution is 2.45. The van der Waals surface area contributed by atoms with E-state index in [2.05, 4.69) is 15.3 Å². The maximum atomic E-state index is 13.5. The van der Waals surface area contributed by atoms with Crippen molar-refractivity contribution < 1.29 is 19.4 Å². The molecule has 1 aliphatic rings. The van der Waals surface area contributed by atoms with E-state index in [1.165, 1.54) is 11.9 Å². The molecule has 0 bridgehead atoms. The van der Waals surface area contributed by atoms with E-state index < -0.39 is 11.8 Å². The van der Waals surface area contributed by atoms with Crippen LogP contribution in [0.5, 0.6) is 6.01 Å². The van der Waals surface area contributed by atoms with Gasteiger partial charge in [0.2, 0.25) is 0 Å². The van der Waals surface area contributed by atoms with Crippen molar-refractivity contribution in [2.75, 3.05) is 11.9 Å². The van der Waals surface area contributed by atoms with Gasteiger partial charge in [-0.15, -0.1) is 0 Å². The average molecular weight is 442 g/mol. The fraction of sp³-hybridized carbons (Fsp3) is 0.160. The molecule has 0 spiro atoms. The highest BCUT2D eigenvalue weighted by Gasteiger charge is 2.50. The van der Waals surface area contributed by atoms with Crippen molar-refractivity contribution in [1.29, 1.82) is 0 Å². The van der Waals surface area contributed by atoms with Crippen LogP contribution in [0.2, 0.25) is 0 Å². The summed E-state index contributed by atoms with van der Waals surface area (Å²) in [4.78, 5) is 33.6. The summed E-state index contributed by atoms with van der Waals surface area (Å²) in [5, 5.41) is 14.6. The topological polar surface area (TPSA) is 108 Å². The molecule has 2 heterocycles. The minimum Gasteiger partial charge on any atom is -0.375 e. The molecule has 1 unspecified atom stereocenters. The van der Waals surface area contributed by atoms with Crippen LogP contribution in [-0.4, -0.2) is 34.1 Å². The van der Waals surface area contributed by atoms with E-state index in [9.17, 15) is 14.7 Å². The number of H-pyrrole nitrogens is 1. The first-order valence-electron chi connectivity index (χ1n) is 10.6. The quantitative estimate of drug-likeness (QED) is 0.447. The molecule has 1 atom stereocenters. The molecule has 0 aliphatic carbocycles. The van der Waals surface area contributed by atoms with Gasteiger partial charge in [-0.2, -0.15) is 4.98 Å². The first-order valence-corrected chi connectivity index (χ1v) is 10.6. The summed E-state index contributed by atoms with van der Waals surface area (Å²) < 4.78 is 5.08. The number of ether oxygens (including phenoxy) is 1. The van der Waals surface area contributed by atoms with Gasteiger partial charge in [0.05, 0.1) is 11.0 Å². The van der Waals surface area contributed by atoms with Gasteiger partial charge in [-0.1, -0.05) is 43.3 Å². The number of nitrogens with zero attached hydrogens (tertiary/aromatic N) is 2. The first-order chi connectivity index (χ1) is 16.0. The summed E-state index contributed by atoms with van der Waals surface area (Å²) in [6.07, 6.45) is 0.153. The predicted octanol–water partition coefficient (Wildman–Crippen LogP) is 3.70. The summed E-state index contributed by atoms with van der Waals surface area (Å²) in [7, 11) is 1.45. The van der Waals surface area contributed by atoms with Crippen LogP contribution in [0.15, 0.2) is 66.7 Å². The minimum atomic E-state index is -1.73. The van der Waals surface area contributed by atoms with Crippen molar-refractivity contribution >= 4 is 28.7 Å². The normalized spacial score (nSPS) is 17.3. The molecule has 0 saturated carbocycles. The maximum Gasteiger partial charge on any atom is 0.414 e. The molecule has 166 valence electrons. The zero-order valence-electron chi connectivity index (χ0n) is 18.1. The molecule has 33 heavy (non-hydrogen) atoms. The number of carbonyl (C=O) groups is 2. The number of fused-ring (bicyclic) bond motifs is 2. The molecule has 0 fully saturated rings. The van der Waals surface area contributed by atoms with Gasteiger partial charge in [0.1, 0.15) is 0 Å². The molecule has 8 heteroatoms. The molecular weight excluding hydrogens is 420 g/mol. The largest absolute Gasteiger partial charge is 0.414 e. The first kappa shape index (κ1) is 20.7. The minimum absolute atomic E-state index is 0.0314. The SMILES string of the molecule is CCc1cccc(N2C(=O)c3ccccc3C2(O)c2ccc3nc(OC(=O)NC)[nH]c3c2)c1. The molecule has 3 N–H and O–H groups in total. The zero-order chi connectivity index (χ0) is 23.2. The van der Waals surface area contributed by atoms with Crippen LogP contribution in [-0.2, 0) is 12.1 Å². The molecule has 2 amide bonds. The second-order valence-corrected chi connectivity index (χ2v) is 7.80. The third-order valence-corrected chi connectivity index (χ3v) is 5.89. The molecule has 8 nitrogen and oxygen atoms in total. The number of aliphatic hydroxyl groups is 1. The van der Waals surface area contributed by atoms with Crippen molar-refractivity contribution in [1.82, 2.24) is 15.3 Å². The molecule has 5 rings (SSSR count). The van der Waals surface area contributed by atoms with Crippen LogP contribution in [0.4, 0.5) is 10.5 Å². The Labute approximate surface area is 189 Å². The Hall–Kier alpha value is -4.17. The van der Waals surface area contributed by atoms with E-state index in [1.807, 2.05) is 31.2 Å². The van der Waals surface area contributed by atoms with E-state index in [0.717, 1.165) is 12.0 Å². The number of aryl methyl sites for hydroxylation is 1. The molecule has 3 aromatic carbocycles. The molecule has 0 saturated heterocycles. The van der Waals surface area contributed by atoms with Gasteiger partial charge < -0.3 is 20.1 Å². The Bertz CT molecular complexity index is 1400. The number of imidazole rings is 1. The lowest BCUT2D eigenvalue weighted by Gasteiger charge is -2.35. The van der Waals surface area contributed by atoms with E-state index in [1.54, 1.807) is 42.5 Å². The van der Waals surface area contributed by atoms with Gasteiger partial charge >= 0.3 is 12.1 Å². The Morgan fingerprint density at radius 2 is 1.97 bits per heavy atom. The molecule has 1 aliphatic heterocycles. The van der Waals surface area contributed by atoms with Gasteiger partial charge in [-0.25, -0.2) is 4.79 Å². The van der Waals surface area contributed by atoms with Gasteiger partial charge in [-0.3, -0.25) is 9.69 Å². The number of hydrogen-bond acceptors (Lipinski definition) is 5. The van der Waals surface area contributed by atoms with Crippen molar-refractivity contribution in [2.24, 2.45) is 0 Å². The lowest BCUT2D eigenvalue weighted by molar-refractivity contribution is 0.0704.